The topological polar surface area (TPSA) is 57.9 Å². The lowest BCUT2D eigenvalue weighted by Crippen LogP contribution is -1.99. The summed E-state index contributed by atoms with van der Waals surface area (Å²) < 4.78 is 22.3. The maximum atomic E-state index is 11.1. The number of rotatable bonds is 2. The molecule has 80 valence electrons. The average Bonchev–Trinajstić information content (AvgIpc) is 2.15. The molecule has 0 aliphatic rings. The van der Waals surface area contributed by atoms with Crippen LogP contribution in [0.1, 0.15) is 11.1 Å². The van der Waals surface area contributed by atoms with Gasteiger partial charge in [-0.2, -0.15) is 5.26 Å². The molecule has 0 unspecified atom stereocenters. The van der Waals surface area contributed by atoms with Gasteiger partial charge in [-0.15, -0.1) is 11.6 Å². The quantitative estimate of drug-likeness (QED) is 0.620. The molecule has 1 rings (SSSR count). The Kier molecular flexibility index (Phi) is 3.85. The first-order valence-corrected chi connectivity index (χ1v) is 6.86. The van der Waals surface area contributed by atoms with Gasteiger partial charge in [0, 0.05) is 16.2 Å². The van der Waals surface area contributed by atoms with E-state index in [1.165, 1.54) is 12.1 Å². The van der Waals surface area contributed by atoms with Crippen molar-refractivity contribution < 1.29 is 8.42 Å². The highest BCUT2D eigenvalue weighted by atomic mass is 35.7. The van der Waals surface area contributed by atoms with Gasteiger partial charge in [-0.25, -0.2) is 8.42 Å². The van der Waals surface area contributed by atoms with Gasteiger partial charge in [0.05, 0.1) is 21.4 Å². The molecule has 0 radical (unpaired) electrons. The Balaban J connectivity index is 3.66. The summed E-state index contributed by atoms with van der Waals surface area (Å²) in [6, 6.07) is 4.31. The fourth-order valence-corrected chi connectivity index (χ4v) is 2.79. The molecule has 0 aromatic heterocycles. The van der Waals surface area contributed by atoms with Crippen LogP contribution in [0.5, 0.6) is 0 Å². The second-order valence-electron chi connectivity index (χ2n) is 2.58. The highest BCUT2D eigenvalue weighted by Crippen LogP contribution is 2.29. The van der Waals surface area contributed by atoms with Crippen molar-refractivity contribution in [3.05, 3.63) is 28.3 Å². The van der Waals surface area contributed by atoms with Crippen molar-refractivity contribution in [3.63, 3.8) is 0 Å². The molecule has 1 aromatic rings. The summed E-state index contributed by atoms with van der Waals surface area (Å²) in [5.41, 5.74) is 0.162. The Bertz CT molecular complexity index is 534. The molecule has 0 saturated carbocycles. The first kappa shape index (κ1) is 12.6. The summed E-state index contributed by atoms with van der Waals surface area (Å²) in [4.78, 5) is -0.180. The summed E-state index contributed by atoms with van der Waals surface area (Å²) >= 11 is 11.3. The first-order valence-electron chi connectivity index (χ1n) is 3.64. The van der Waals surface area contributed by atoms with Crippen LogP contribution in [0.4, 0.5) is 0 Å². The molecule has 0 bridgehead atoms. The van der Waals surface area contributed by atoms with Crippen molar-refractivity contribution in [2.45, 2.75) is 10.8 Å². The van der Waals surface area contributed by atoms with Gasteiger partial charge in [-0.05, 0) is 12.1 Å². The second kappa shape index (κ2) is 4.58. The zero-order valence-corrected chi connectivity index (χ0v) is 10.3. The van der Waals surface area contributed by atoms with Gasteiger partial charge in [0.2, 0.25) is 0 Å². The van der Waals surface area contributed by atoms with Crippen LogP contribution in [0.2, 0.25) is 5.02 Å². The van der Waals surface area contributed by atoms with E-state index in [-0.39, 0.29) is 26.9 Å². The van der Waals surface area contributed by atoms with Crippen molar-refractivity contribution in [3.8, 4) is 6.07 Å². The first-order chi connectivity index (χ1) is 6.91. The van der Waals surface area contributed by atoms with Gasteiger partial charge in [0.1, 0.15) is 6.07 Å². The molecule has 0 saturated heterocycles. The summed E-state index contributed by atoms with van der Waals surface area (Å²) in [6.45, 7) is 0. The average molecular weight is 285 g/mol. The Labute approximate surface area is 102 Å². The lowest BCUT2D eigenvalue weighted by Gasteiger charge is -2.06. The van der Waals surface area contributed by atoms with Crippen LogP contribution >= 0.6 is 33.9 Å². The molecule has 15 heavy (non-hydrogen) atoms. The monoisotopic (exact) mass is 283 g/mol. The molecule has 0 aliphatic carbocycles. The van der Waals surface area contributed by atoms with Gasteiger partial charge < -0.3 is 0 Å². The van der Waals surface area contributed by atoms with Crippen LogP contribution in [-0.2, 0) is 14.9 Å². The molecule has 7 heteroatoms. The van der Waals surface area contributed by atoms with Crippen LogP contribution in [0, 0.1) is 11.3 Å². The minimum absolute atomic E-state index is 0.0355. The zero-order chi connectivity index (χ0) is 11.6. The van der Waals surface area contributed by atoms with Gasteiger partial charge in [-0.1, -0.05) is 11.6 Å². The number of benzene rings is 1. The van der Waals surface area contributed by atoms with Crippen LogP contribution in [-0.4, -0.2) is 8.42 Å². The van der Waals surface area contributed by atoms with Crippen LogP contribution in [0.15, 0.2) is 17.0 Å². The van der Waals surface area contributed by atoms with E-state index in [9.17, 15) is 8.42 Å². The van der Waals surface area contributed by atoms with E-state index in [4.69, 9.17) is 39.1 Å². The molecular weight excluding hydrogens is 281 g/mol. The van der Waals surface area contributed by atoms with E-state index >= 15 is 0 Å². The normalized spacial score (nSPS) is 11.1. The Morgan fingerprint density at radius 2 is 2.00 bits per heavy atom. The minimum atomic E-state index is -3.92. The molecular formula is C8H4Cl3NO2S. The third-order valence-corrected chi connectivity index (χ3v) is 3.72. The fraction of sp³-hybridized carbons (Fsp3) is 0.125. The van der Waals surface area contributed by atoms with Crippen LogP contribution in [0.25, 0.3) is 0 Å². The number of halogens is 3. The molecule has 1 aromatic carbocycles. The van der Waals surface area contributed by atoms with E-state index in [1.807, 2.05) is 0 Å². The van der Waals surface area contributed by atoms with Crippen molar-refractivity contribution in [2.75, 3.05) is 0 Å². The Morgan fingerprint density at radius 3 is 2.40 bits per heavy atom. The number of hydrogen-bond donors (Lipinski definition) is 0. The van der Waals surface area contributed by atoms with E-state index in [2.05, 4.69) is 0 Å². The van der Waals surface area contributed by atoms with E-state index < -0.39 is 9.05 Å². The molecule has 0 heterocycles. The molecule has 0 aliphatic heterocycles. The van der Waals surface area contributed by atoms with E-state index in [1.54, 1.807) is 6.07 Å². The smallest absolute Gasteiger partial charge is 0.207 e. The Morgan fingerprint density at radius 1 is 1.40 bits per heavy atom. The molecule has 0 fully saturated rings. The number of alkyl halides is 1. The number of hydrogen-bond acceptors (Lipinski definition) is 3. The Hall–Kier alpha value is -0.470. The fourth-order valence-electron chi connectivity index (χ4n) is 1.08. The molecule has 0 spiro atoms. The summed E-state index contributed by atoms with van der Waals surface area (Å²) in [5.74, 6) is -0.148. The van der Waals surface area contributed by atoms with Crippen molar-refractivity contribution >= 4 is 42.9 Å². The number of nitrogens with zero attached hydrogens (tertiary/aromatic N) is 1. The summed E-state index contributed by atoms with van der Waals surface area (Å²) in [6.07, 6.45) is 0. The largest absolute Gasteiger partial charge is 0.261 e. The maximum Gasteiger partial charge on any atom is 0.261 e. The zero-order valence-electron chi connectivity index (χ0n) is 7.17. The molecule has 0 N–H and O–H groups in total. The standard InChI is InChI=1S/C8H4Cl3NO2S/c9-3-5-6(4-12)7(10)1-2-8(5)15(11,13)14/h1-2H,3H2. The lowest BCUT2D eigenvalue weighted by atomic mass is 10.1. The third kappa shape index (κ3) is 2.56. The molecule has 3 nitrogen and oxygen atoms in total. The minimum Gasteiger partial charge on any atom is -0.207 e. The maximum absolute atomic E-state index is 11.1. The van der Waals surface area contributed by atoms with E-state index in [0.717, 1.165) is 0 Å². The van der Waals surface area contributed by atoms with Gasteiger partial charge in [0.25, 0.3) is 9.05 Å². The second-order valence-corrected chi connectivity index (χ2v) is 5.79. The SMILES string of the molecule is N#Cc1c(Cl)ccc(S(=O)(=O)Cl)c1CCl. The summed E-state index contributed by atoms with van der Waals surface area (Å²) in [5, 5.41) is 8.94. The van der Waals surface area contributed by atoms with Crippen LogP contribution < -0.4 is 0 Å². The number of nitriles is 1. The summed E-state index contributed by atoms with van der Waals surface area (Å²) in [7, 11) is 1.27. The van der Waals surface area contributed by atoms with Crippen molar-refractivity contribution in [1.82, 2.24) is 0 Å². The highest BCUT2D eigenvalue weighted by molar-refractivity contribution is 8.13. The third-order valence-electron chi connectivity index (χ3n) is 1.73. The van der Waals surface area contributed by atoms with E-state index in [0.29, 0.717) is 0 Å². The van der Waals surface area contributed by atoms with Crippen molar-refractivity contribution in [2.24, 2.45) is 0 Å². The highest BCUT2D eigenvalue weighted by Gasteiger charge is 2.19. The van der Waals surface area contributed by atoms with Gasteiger partial charge >= 0.3 is 0 Å². The molecule has 0 amide bonds. The van der Waals surface area contributed by atoms with Gasteiger partial charge in [-0.3, -0.25) is 0 Å². The van der Waals surface area contributed by atoms with Gasteiger partial charge in [0.15, 0.2) is 0 Å². The van der Waals surface area contributed by atoms with Crippen molar-refractivity contribution in [1.29, 1.82) is 5.26 Å². The molecule has 0 atom stereocenters. The van der Waals surface area contributed by atoms with Crippen LogP contribution in [0.3, 0.4) is 0 Å². The predicted octanol–water partition coefficient (Wildman–Crippen LogP) is 2.88. The predicted molar refractivity (Wildman–Crippen MR) is 58.8 cm³/mol. The lowest BCUT2D eigenvalue weighted by molar-refractivity contribution is 0.609.